The molecule has 8 heteroatoms. The van der Waals surface area contributed by atoms with Crippen LogP contribution in [0, 0.1) is 0 Å². The number of halogens is 4. The minimum Gasteiger partial charge on any atom is -0.282 e. The van der Waals surface area contributed by atoms with Crippen LogP contribution in [0.25, 0.3) is 5.69 Å². The second kappa shape index (κ2) is 4.41. The van der Waals surface area contributed by atoms with Gasteiger partial charge in [0.1, 0.15) is 0 Å². The van der Waals surface area contributed by atoms with Crippen LogP contribution in [-0.4, -0.2) is 27.0 Å². The summed E-state index contributed by atoms with van der Waals surface area (Å²) in [6.45, 7) is 0. The maximum Gasteiger partial charge on any atom is 0.456 e. The summed E-state index contributed by atoms with van der Waals surface area (Å²) in [5.41, 5.74) is -0.300. The van der Waals surface area contributed by atoms with Crippen molar-refractivity contribution in [3.8, 4) is 5.69 Å². The van der Waals surface area contributed by atoms with E-state index < -0.39 is 17.7 Å². The van der Waals surface area contributed by atoms with Gasteiger partial charge in [0.2, 0.25) is 0 Å². The van der Waals surface area contributed by atoms with Gasteiger partial charge in [-0.15, -0.1) is 5.10 Å². The summed E-state index contributed by atoms with van der Waals surface area (Å²) in [6, 6.07) is 6.17. The number of Topliss-reactive ketones (excluding diaryl/α,β-unsaturated/α-hetero) is 1. The average Bonchev–Trinajstić information content (AvgIpc) is 2.77. The minimum atomic E-state index is -4.96. The van der Waals surface area contributed by atoms with Crippen molar-refractivity contribution in [1.29, 1.82) is 0 Å². The van der Waals surface area contributed by atoms with Gasteiger partial charge in [-0.1, -0.05) is 16.8 Å². The van der Waals surface area contributed by atoms with Crippen LogP contribution < -0.4 is 0 Å². The molecule has 4 nitrogen and oxygen atoms in total. The first-order chi connectivity index (χ1) is 8.38. The van der Waals surface area contributed by atoms with E-state index in [4.69, 9.17) is 11.6 Å². The highest BCUT2D eigenvalue weighted by atomic mass is 35.5. The van der Waals surface area contributed by atoms with Gasteiger partial charge < -0.3 is 0 Å². The largest absolute Gasteiger partial charge is 0.456 e. The third kappa shape index (κ3) is 2.51. The molecule has 0 radical (unpaired) electrons. The van der Waals surface area contributed by atoms with Gasteiger partial charge in [0, 0.05) is 5.02 Å². The van der Waals surface area contributed by atoms with Crippen molar-refractivity contribution in [2.45, 2.75) is 6.18 Å². The van der Waals surface area contributed by atoms with Crippen LogP contribution >= 0.6 is 11.6 Å². The van der Waals surface area contributed by atoms with Crippen molar-refractivity contribution < 1.29 is 18.0 Å². The molecule has 0 amide bonds. The maximum atomic E-state index is 12.2. The SMILES string of the molecule is O=C(c1cn(-c2ccc(Cl)cc2)nn1)C(F)(F)F. The van der Waals surface area contributed by atoms with Gasteiger partial charge in [-0.25, -0.2) is 4.68 Å². The summed E-state index contributed by atoms with van der Waals surface area (Å²) in [5, 5.41) is 7.12. The average molecular weight is 276 g/mol. The zero-order valence-electron chi connectivity index (χ0n) is 8.65. The predicted octanol–water partition coefficient (Wildman–Crippen LogP) is 2.67. The number of nitrogens with zero attached hydrogens (tertiary/aromatic N) is 3. The van der Waals surface area contributed by atoms with E-state index in [2.05, 4.69) is 10.3 Å². The van der Waals surface area contributed by atoms with E-state index in [0.29, 0.717) is 10.7 Å². The summed E-state index contributed by atoms with van der Waals surface area (Å²) in [5.74, 6) is -2.03. The molecule has 0 fully saturated rings. The predicted molar refractivity (Wildman–Crippen MR) is 56.8 cm³/mol. The molecule has 0 aliphatic rings. The molecular formula is C10H5ClF3N3O. The fourth-order valence-electron chi connectivity index (χ4n) is 1.23. The molecule has 0 N–H and O–H groups in total. The van der Waals surface area contributed by atoms with Gasteiger partial charge in [-0.05, 0) is 24.3 Å². The van der Waals surface area contributed by atoms with Crippen molar-refractivity contribution in [1.82, 2.24) is 15.0 Å². The molecule has 2 aromatic rings. The summed E-state index contributed by atoms with van der Waals surface area (Å²) in [7, 11) is 0. The Bertz CT molecular complexity index is 577. The summed E-state index contributed by atoms with van der Waals surface area (Å²) in [4.78, 5) is 10.9. The minimum absolute atomic E-state index is 0.452. The smallest absolute Gasteiger partial charge is 0.282 e. The van der Waals surface area contributed by atoms with Gasteiger partial charge >= 0.3 is 6.18 Å². The van der Waals surface area contributed by atoms with Crippen molar-refractivity contribution in [2.24, 2.45) is 0 Å². The lowest BCUT2D eigenvalue weighted by molar-refractivity contribution is -0.0888. The number of aromatic nitrogens is 3. The van der Waals surface area contributed by atoms with Gasteiger partial charge in [-0.3, -0.25) is 4.79 Å². The zero-order chi connectivity index (χ0) is 13.3. The Morgan fingerprint density at radius 3 is 2.39 bits per heavy atom. The first-order valence-electron chi connectivity index (χ1n) is 4.68. The van der Waals surface area contributed by atoms with E-state index in [0.717, 1.165) is 10.9 Å². The van der Waals surface area contributed by atoms with E-state index in [-0.39, 0.29) is 0 Å². The molecule has 2 rings (SSSR count). The molecule has 1 aromatic heterocycles. The third-order valence-electron chi connectivity index (χ3n) is 2.07. The van der Waals surface area contributed by atoms with Crippen molar-refractivity contribution in [3.05, 3.63) is 41.2 Å². The fourth-order valence-corrected chi connectivity index (χ4v) is 1.36. The number of rotatable bonds is 2. The zero-order valence-corrected chi connectivity index (χ0v) is 9.40. The lowest BCUT2D eigenvalue weighted by Gasteiger charge is -2.00. The van der Waals surface area contributed by atoms with Crippen LogP contribution in [0.3, 0.4) is 0 Å². The molecule has 18 heavy (non-hydrogen) atoms. The molecule has 0 aliphatic heterocycles. The maximum absolute atomic E-state index is 12.2. The molecule has 0 unspecified atom stereocenters. The summed E-state index contributed by atoms with van der Waals surface area (Å²) in [6.07, 6.45) is -4.04. The van der Waals surface area contributed by atoms with Crippen LogP contribution in [0.5, 0.6) is 0 Å². The number of benzene rings is 1. The van der Waals surface area contributed by atoms with Gasteiger partial charge in [-0.2, -0.15) is 13.2 Å². The standard InChI is InChI=1S/C10H5ClF3N3O/c11-6-1-3-7(4-2-6)17-5-8(15-16-17)9(18)10(12,13)14/h1-5H. The fraction of sp³-hybridized carbons (Fsp3) is 0.100. The van der Waals surface area contributed by atoms with E-state index in [1.165, 1.54) is 0 Å². The number of hydrogen-bond acceptors (Lipinski definition) is 3. The molecule has 1 aromatic carbocycles. The van der Waals surface area contributed by atoms with Crippen LogP contribution in [-0.2, 0) is 0 Å². The topological polar surface area (TPSA) is 47.8 Å². The summed E-state index contributed by atoms with van der Waals surface area (Å²) < 4.78 is 37.5. The van der Waals surface area contributed by atoms with Crippen LogP contribution in [0.15, 0.2) is 30.5 Å². The highest BCUT2D eigenvalue weighted by molar-refractivity contribution is 6.30. The molecule has 0 bridgehead atoms. The molecule has 94 valence electrons. The number of carbonyl (C=O) groups excluding carboxylic acids is 1. The molecule has 1 heterocycles. The lowest BCUT2D eigenvalue weighted by Crippen LogP contribution is -2.23. The Balaban J connectivity index is 2.31. The van der Waals surface area contributed by atoms with E-state index >= 15 is 0 Å². The van der Waals surface area contributed by atoms with Crippen molar-refractivity contribution in [3.63, 3.8) is 0 Å². The Morgan fingerprint density at radius 2 is 1.83 bits per heavy atom. The molecule has 0 saturated carbocycles. The summed E-state index contributed by atoms with van der Waals surface area (Å²) >= 11 is 5.67. The second-order valence-electron chi connectivity index (χ2n) is 3.35. The van der Waals surface area contributed by atoms with E-state index in [1.807, 2.05) is 0 Å². The molecule has 0 spiro atoms. The quantitative estimate of drug-likeness (QED) is 0.792. The van der Waals surface area contributed by atoms with E-state index in [1.54, 1.807) is 24.3 Å². The lowest BCUT2D eigenvalue weighted by atomic mass is 10.3. The Hall–Kier alpha value is -1.89. The van der Waals surface area contributed by atoms with E-state index in [9.17, 15) is 18.0 Å². The van der Waals surface area contributed by atoms with Gasteiger partial charge in [0.15, 0.2) is 5.69 Å². The Morgan fingerprint density at radius 1 is 1.22 bits per heavy atom. The molecule has 0 aliphatic carbocycles. The number of alkyl halides is 3. The number of hydrogen-bond donors (Lipinski definition) is 0. The van der Waals surface area contributed by atoms with Crippen LogP contribution in [0.2, 0.25) is 5.02 Å². The molecule has 0 saturated heterocycles. The Kier molecular flexibility index (Phi) is 3.08. The second-order valence-corrected chi connectivity index (χ2v) is 3.79. The molecule has 0 atom stereocenters. The van der Waals surface area contributed by atoms with Gasteiger partial charge in [0.05, 0.1) is 11.9 Å². The first kappa shape index (κ1) is 12.6. The normalized spacial score (nSPS) is 11.6. The number of carbonyl (C=O) groups is 1. The highest BCUT2D eigenvalue weighted by Gasteiger charge is 2.41. The van der Waals surface area contributed by atoms with Gasteiger partial charge in [0.25, 0.3) is 5.78 Å². The highest BCUT2D eigenvalue weighted by Crippen LogP contribution is 2.20. The monoisotopic (exact) mass is 275 g/mol. The Labute approximate surface area is 104 Å². The molecular weight excluding hydrogens is 271 g/mol. The van der Waals surface area contributed by atoms with Crippen molar-refractivity contribution in [2.75, 3.05) is 0 Å². The third-order valence-corrected chi connectivity index (χ3v) is 2.33. The van der Waals surface area contributed by atoms with Crippen molar-refractivity contribution >= 4 is 17.4 Å². The van der Waals surface area contributed by atoms with Crippen LogP contribution in [0.4, 0.5) is 13.2 Å². The number of ketones is 1. The van der Waals surface area contributed by atoms with Crippen LogP contribution in [0.1, 0.15) is 10.5 Å². The first-order valence-corrected chi connectivity index (χ1v) is 5.05.